The minimum Gasteiger partial charge on any atom is -0.362 e. The summed E-state index contributed by atoms with van der Waals surface area (Å²) in [5.41, 5.74) is 1.94. The molecular formula is C19H21N3O3S. The molecule has 2 aromatic carbocycles. The van der Waals surface area contributed by atoms with E-state index < -0.39 is 0 Å². The van der Waals surface area contributed by atoms with E-state index in [0.29, 0.717) is 37.6 Å². The fraction of sp³-hybridized carbons (Fsp3) is 0.316. The van der Waals surface area contributed by atoms with E-state index in [1.54, 1.807) is 30.0 Å². The van der Waals surface area contributed by atoms with Crippen LogP contribution in [0, 0.1) is 17.0 Å². The fourth-order valence-electron chi connectivity index (χ4n) is 2.95. The van der Waals surface area contributed by atoms with Crippen molar-refractivity contribution < 1.29 is 9.72 Å². The van der Waals surface area contributed by atoms with Crippen LogP contribution in [0.4, 0.5) is 11.4 Å². The van der Waals surface area contributed by atoms with Crippen molar-refractivity contribution in [1.29, 1.82) is 0 Å². The molecule has 26 heavy (non-hydrogen) atoms. The molecule has 1 aliphatic heterocycles. The average molecular weight is 371 g/mol. The van der Waals surface area contributed by atoms with E-state index in [-0.39, 0.29) is 16.5 Å². The predicted octanol–water partition coefficient (Wildman–Crippen LogP) is 3.34. The number of amides is 1. The summed E-state index contributed by atoms with van der Waals surface area (Å²) in [6.07, 6.45) is 0. The van der Waals surface area contributed by atoms with Crippen molar-refractivity contribution in [2.45, 2.75) is 11.8 Å². The van der Waals surface area contributed by atoms with Crippen LogP contribution in [0.15, 0.2) is 53.4 Å². The molecule has 0 aliphatic carbocycles. The lowest BCUT2D eigenvalue weighted by Gasteiger charge is -2.35. The molecule has 0 saturated carbocycles. The number of nitro benzene ring substituents is 1. The number of benzene rings is 2. The molecule has 0 spiro atoms. The zero-order chi connectivity index (χ0) is 18.5. The van der Waals surface area contributed by atoms with Gasteiger partial charge in [-0.25, -0.2) is 0 Å². The van der Waals surface area contributed by atoms with Crippen molar-refractivity contribution in [1.82, 2.24) is 4.90 Å². The van der Waals surface area contributed by atoms with Crippen molar-refractivity contribution in [3.8, 4) is 0 Å². The van der Waals surface area contributed by atoms with Gasteiger partial charge in [0, 0.05) is 37.1 Å². The Kier molecular flexibility index (Phi) is 5.78. The highest BCUT2D eigenvalue weighted by Crippen LogP contribution is 2.28. The summed E-state index contributed by atoms with van der Waals surface area (Å²) in [6.45, 7) is 4.41. The van der Waals surface area contributed by atoms with E-state index in [2.05, 4.69) is 0 Å². The van der Waals surface area contributed by atoms with Crippen LogP contribution in [0.3, 0.4) is 0 Å². The number of rotatable bonds is 5. The van der Waals surface area contributed by atoms with Crippen molar-refractivity contribution in [3.05, 3.63) is 64.2 Å². The number of piperazine rings is 1. The number of nitro groups is 1. The van der Waals surface area contributed by atoms with Gasteiger partial charge in [-0.3, -0.25) is 14.9 Å². The SMILES string of the molecule is Cc1ccc(SCC(=O)N2CCN(c3ccccc3[N+](=O)[O-])CC2)cc1. The molecule has 1 fully saturated rings. The summed E-state index contributed by atoms with van der Waals surface area (Å²) in [5.74, 6) is 0.520. The molecule has 0 radical (unpaired) electrons. The third kappa shape index (κ3) is 4.35. The molecule has 136 valence electrons. The number of hydrogen-bond acceptors (Lipinski definition) is 5. The predicted molar refractivity (Wildman–Crippen MR) is 104 cm³/mol. The summed E-state index contributed by atoms with van der Waals surface area (Å²) in [6, 6.07) is 14.9. The first-order valence-corrected chi connectivity index (χ1v) is 9.49. The Morgan fingerprint density at radius 1 is 1.08 bits per heavy atom. The Bertz CT molecular complexity index is 787. The molecular weight excluding hydrogens is 350 g/mol. The number of carbonyl (C=O) groups excluding carboxylic acids is 1. The molecule has 1 heterocycles. The Balaban J connectivity index is 1.54. The number of anilines is 1. The van der Waals surface area contributed by atoms with Gasteiger partial charge in [-0.1, -0.05) is 29.8 Å². The summed E-state index contributed by atoms with van der Waals surface area (Å²) in [5, 5.41) is 11.2. The lowest BCUT2D eigenvalue weighted by atomic mass is 10.2. The second-order valence-electron chi connectivity index (χ2n) is 6.22. The minimum atomic E-state index is -0.356. The monoisotopic (exact) mass is 371 g/mol. The number of nitrogens with zero attached hydrogens (tertiary/aromatic N) is 3. The van der Waals surface area contributed by atoms with E-state index in [4.69, 9.17) is 0 Å². The molecule has 1 aliphatic rings. The van der Waals surface area contributed by atoms with Gasteiger partial charge >= 0.3 is 0 Å². The molecule has 0 unspecified atom stereocenters. The minimum absolute atomic E-state index is 0.109. The third-order valence-electron chi connectivity index (χ3n) is 4.43. The van der Waals surface area contributed by atoms with Crippen molar-refractivity contribution in [3.63, 3.8) is 0 Å². The standard InChI is InChI=1S/C19H21N3O3S/c1-15-6-8-16(9-7-15)26-14-19(23)21-12-10-20(11-13-21)17-4-2-3-5-18(17)22(24)25/h2-9H,10-14H2,1H3. The largest absolute Gasteiger partial charge is 0.362 e. The van der Waals surface area contributed by atoms with E-state index in [1.807, 2.05) is 41.0 Å². The highest BCUT2D eigenvalue weighted by molar-refractivity contribution is 8.00. The van der Waals surface area contributed by atoms with Crippen LogP contribution in [0.25, 0.3) is 0 Å². The van der Waals surface area contributed by atoms with Gasteiger partial charge in [0.1, 0.15) is 5.69 Å². The first kappa shape index (κ1) is 18.3. The first-order chi connectivity index (χ1) is 12.5. The molecule has 7 heteroatoms. The van der Waals surface area contributed by atoms with Gasteiger partial charge in [0.25, 0.3) is 5.69 Å². The first-order valence-electron chi connectivity index (χ1n) is 8.50. The molecule has 0 atom stereocenters. The van der Waals surface area contributed by atoms with Crippen LogP contribution < -0.4 is 4.90 Å². The Labute approximate surface area is 156 Å². The highest BCUT2D eigenvalue weighted by atomic mass is 32.2. The summed E-state index contributed by atoms with van der Waals surface area (Å²) >= 11 is 1.54. The normalized spacial score (nSPS) is 14.3. The summed E-state index contributed by atoms with van der Waals surface area (Å²) in [7, 11) is 0. The number of para-hydroxylation sites is 2. The van der Waals surface area contributed by atoms with Gasteiger partial charge in [-0.15, -0.1) is 11.8 Å². The lowest BCUT2D eigenvalue weighted by molar-refractivity contribution is -0.384. The van der Waals surface area contributed by atoms with E-state index >= 15 is 0 Å². The quantitative estimate of drug-likeness (QED) is 0.458. The third-order valence-corrected chi connectivity index (χ3v) is 5.43. The maximum absolute atomic E-state index is 12.4. The average Bonchev–Trinajstić information content (AvgIpc) is 2.67. The van der Waals surface area contributed by atoms with Crippen LogP contribution in [-0.2, 0) is 4.79 Å². The van der Waals surface area contributed by atoms with Gasteiger partial charge in [-0.2, -0.15) is 0 Å². The lowest BCUT2D eigenvalue weighted by Crippen LogP contribution is -2.49. The number of hydrogen-bond donors (Lipinski definition) is 0. The van der Waals surface area contributed by atoms with E-state index in [1.165, 1.54) is 11.6 Å². The Morgan fingerprint density at radius 2 is 1.73 bits per heavy atom. The van der Waals surface area contributed by atoms with Crippen LogP contribution in [0.2, 0.25) is 0 Å². The van der Waals surface area contributed by atoms with Crippen molar-refractivity contribution in [2.24, 2.45) is 0 Å². The molecule has 0 bridgehead atoms. The van der Waals surface area contributed by atoms with Crippen LogP contribution in [-0.4, -0.2) is 47.7 Å². The summed E-state index contributed by atoms with van der Waals surface area (Å²) in [4.78, 5) is 28.2. The number of aryl methyl sites for hydroxylation is 1. The van der Waals surface area contributed by atoms with Gasteiger partial charge in [0.2, 0.25) is 5.91 Å². The second kappa shape index (κ2) is 8.23. The molecule has 2 aromatic rings. The van der Waals surface area contributed by atoms with Crippen molar-refractivity contribution >= 4 is 29.0 Å². The molecule has 0 aromatic heterocycles. The van der Waals surface area contributed by atoms with Crippen LogP contribution in [0.5, 0.6) is 0 Å². The van der Waals surface area contributed by atoms with Crippen LogP contribution >= 0.6 is 11.8 Å². The maximum atomic E-state index is 12.4. The smallest absolute Gasteiger partial charge is 0.292 e. The van der Waals surface area contributed by atoms with Gasteiger partial charge in [-0.05, 0) is 25.1 Å². The summed E-state index contributed by atoms with van der Waals surface area (Å²) < 4.78 is 0. The topological polar surface area (TPSA) is 66.7 Å². The number of thioether (sulfide) groups is 1. The van der Waals surface area contributed by atoms with Gasteiger partial charge < -0.3 is 9.80 Å². The van der Waals surface area contributed by atoms with Gasteiger partial charge in [0.15, 0.2) is 0 Å². The zero-order valence-electron chi connectivity index (χ0n) is 14.6. The Hall–Kier alpha value is -2.54. The van der Waals surface area contributed by atoms with Crippen molar-refractivity contribution in [2.75, 3.05) is 36.8 Å². The Morgan fingerprint density at radius 3 is 2.38 bits per heavy atom. The molecule has 6 nitrogen and oxygen atoms in total. The fourth-order valence-corrected chi connectivity index (χ4v) is 3.75. The van der Waals surface area contributed by atoms with Crippen LogP contribution in [0.1, 0.15) is 5.56 Å². The van der Waals surface area contributed by atoms with E-state index in [0.717, 1.165) is 4.90 Å². The van der Waals surface area contributed by atoms with Gasteiger partial charge in [0.05, 0.1) is 10.7 Å². The second-order valence-corrected chi connectivity index (χ2v) is 7.26. The molecule has 1 amide bonds. The highest BCUT2D eigenvalue weighted by Gasteiger charge is 2.25. The van der Waals surface area contributed by atoms with E-state index in [9.17, 15) is 14.9 Å². The zero-order valence-corrected chi connectivity index (χ0v) is 15.4. The maximum Gasteiger partial charge on any atom is 0.292 e. The number of carbonyl (C=O) groups is 1. The molecule has 3 rings (SSSR count). The molecule has 0 N–H and O–H groups in total. The molecule has 1 saturated heterocycles.